The van der Waals surface area contributed by atoms with Crippen LogP contribution in [0, 0.1) is 0 Å². The van der Waals surface area contributed by atoms with E-state index in [0.717, 1.165) is 4.47 Å². The average Bonchev–Trinajstić information content (AvgIpc) is 2.38. The number of rotatable bonds is 5. The van der Waals surface area contributed by atoms with Gasteiger partial charge in [0.05, 0.1) is 0 Å². The normalized spacial score (nSPS) is 10.5. The first-order valence-corrected chi connectivity index (χ1v) is 6.89. The summed E-state index contributed by atoms with van der Waals surface area (Å²) in [6.45, 7) is 2.82. The Labute approximate surface area is 124 Å². The van der Waals surface area contributed by atoms with E-state index in [4.69, 9.17) is 21.1 Å². The Morgan fingerprint density at radius 3 is 2.63 bits per heavy atom. The predicted molar refractivity (Wildman–Crippen MR) is 76.6 cm³/mol. The summed E-state index contributed by atoms with van der Waals surface area (Å²) in [6.07, 6.45) is 0. The molecule has 0 bridgehead atoms. The van der Waals surface area contributed by atoms with Crippen molar-refractivity contribution in [1.29, 1.82) is 0 Å². The van der Waals surface area contributed by atoms with Gasteiger partial charge in [-0.05, 0) is 31.2 Å². The van der Waals surface area contributed by atoms with Gasteiger partial charge in [0.2, 0.25) is 5.88 Å². The number of nitrogens with zero attached hydrogens (tertiary/aromatic N) is 2. The maximum absolute atomic E-state index is 5.93. The second-order valence-electron chi connectivity index (χ2n) is 3.64. The fourth-order valence-electron chi connectivity index (χ4n) is 1.38. The molecule has 0 saturated carbocycles. The summed E-state index contributed by atoms with van der Waals surface area (Å²) < 4.78 is 11.9. The van der Waals surface area contributed by atoms with Crippen LogP contribution in [0.25, 0.3) is 0 Å². The molecule has 2 rings (SSSR count). The third-order valence-electron chi connectivity index (χ3n) is 2.19. The van der Waals surface area contributed by atoms with Crippen molar-refractivity contribution >= 4 is 27.5 Å². The lowest BCUT2D eigenvalue weighted by Gasteiger charge is -2.07. The fourth-order valence-corrected chi connectivity index (χ4v) is 1.83. The molecule has 6 heteroatoms. The molecule has 0 aliphatic rings. The second kappa shape index (κ2) is 6.84. The zero-order valence-corrected chi connectivity index (χ0v) is 12.6. The van der Waals surface area contributed by atoms with Crippen molar-refractivity contribution in [3.05, 3.63) is 45.8 Å². The van der Waals surface area contributed by atoms with Crippen molar-refractivity contribution in [3.8, 4) is 11.6 Å². The fraction of sp³-hybridized carbons (Fsp3) is 0.231. The summed E-state index contributed by atoms with van der Waals surface area (Å²) in [5.74, 6) is 1.58. The predicted octanol–water partition coefficient (Wildman–Crippen LogP) is 4.22. The summed E-state index contributed by atoms with van der Waals surface area (Å²) in [5, 5.41) is 0.330. The molecule has 1 aromatic heterocycles. The van der Waals surface area contributed by atoms with Crippen LogP contribution in [0.2, 0.25) is 5.15 Å². The highest BCUT2D eigenvalue weighted by atomic mass is 79.9. The molecule has 0 atom stereocenters. The zero-order chi connectivity index (χ0) is 13.7. The molecule has 0 saturated heterocycles. The molecule has 0 fully saturated rings. The SMILES string of the molecule is CCOCc1nc(Cl)cc(Oc2ccc(Br)cc2)n1. The zero-order valence-electron chi connectivity index (χ0n) is 10.3. The number of aromatic nitrogens is 2. The number of hydrogen-bond acceptors (Lipinski definition) is 4. The summed E-state index contributed by atoms with van der Waals surface area (Å²) in [4.78, 5) is 8.30. The van der Waals surface area contributed by atoms with Gasteiger partial charge in [0.25, 0.3) is 0 Å². The van der Waals surface area contributed by atoms with Crippen molar-refractivity contribution in [3.63, 3.8) is 0 Å². The Kier molecular flexibility index (Phi) is 5.13. The maximum Gasteiger partial charge on any atom is 0.224 e. The van der Waals surface area contributed by atoms with E-state index in [1.807, 2.05) is 31.2 Å². The number of hydrogen-bond donors (Lipinski definition) is 0. The van der Waals surface area contributed by atoms with Crippen LogP contribution in [-0.2, 0) is 11.3 Å². The first kappa shape index (κ1) is 14.2. The van der Waals surface area contributed by atoms with Gasteiger partial charge in [-0.1, -0.05) is 27.5 Å². The molecule has 0 N–H and O–H groups in total. The van der Waals surface area contributed by atoms with Crippen LogP contribution >= 0.6 is 27.5 Å². The van der Waals surface area contributed by atoms with Gasteiger partial charge in [0, 0.05) is 17.1 Å². The Bertz CT molecular complexity index is 549. The van der Waals surface area contributed by atoms with E-state index in [9.17, 15) is 0 Å². The minimum Gasteiger partial charge on any atom is -0.439 e. The standard InChI is InChI=1S/C13H12BrClN2O2/c1-2-18-8-12-16-11(15)7-13(17-12)19-10-5-3-9(14)4-6-10/h3-7H,2,8H2,1H3. The number of halogens is 2. The van der Waals surface area contributed by atoms with E-state index in [-0.39, 0.29) is 0 Å². The molecule has 0 unspecified atom stereocenters. The summed E-state index contributed by atoms with van der Waals surface area (Å²) in [5.41, 5.74) is 0. The average molecular weight is 344 g/mol. The first-order chi connectivity index (χ1) is 9.17. The molecule has 2 aromatic rings. The molecule has 0 aliphatic carbocycles. The van der Waals surface area contributed by atoms with E-state index in [1.165, 1.54) is 0 Å². The van der Waals surface area contributed by atoms with E-state index >= 15 is 0 Å². The van der Waals surface area contributed by atoms with Crippen molar-refractivity contribution in [2.24, 2.45) is 0 Å². The topological polar surface area (TPSA) is 44.2 Å². The van der Waals surface area contributed by atoms with Crippen LogP contribution in [0.1, 0.15) is 12.7 Å². The molecule has 0 aliphatic heterocycles. The van der Waals surface area contributed by atoms with Crippen LogP contribution in [0.4, 0.5) is 0 Å². The van der Waals surface area contributed by atoms with E-state index in [1.54, 1.807) is 6.07 Å². The quantitative estimate of drug-likeness (QED) is 0.762. The smallest absolute Gasteiger partial charge is 0.224 e. The minimum atomic E-state index is 0.313. The van der Waals surface area contributed by atoms with E-state index < -0.39 is 0 Å². The minimum absolute atomic E-state index is 0.313. The lowest BCUT2D eigenvalue weighted by molar-refractivity contribution is 0.128. The highest BCUT2D eigenvalue weighted by Crippen LogP contribution is 2.23. The maximum atomic E-state index is 5.93. The molecule has 1 aromatic carbocycles. The van der Waals surface area contributed by atoms with E-state index in [0.29, 0.717) is 35.8 Å². The van der Waals surface area contributed by atoms with Gasteiger partial charge >= 0.3 is 0 Å². The van der Waals surface area contributed by atoms with Crippen LogP contribution in [-0.4, -0.2) is 16.6 Å². The molecule has 0 spiro atoms. The largest absolute Gasteiger partial charge is 0.439 e. The highest BCUT2D eigenvalue weighted by molar-refractivity contribution is 9.10. The van der Waals surface area contributed by atoms with Crippen molar-refractivity contribution in [2.75, 3.05) is 6.61 Å². The van der Waals surface area contributed by atoms with Crippen molar-refractivity contribution in [2.45, 2.75) is 13.5 Å². The van der Waals surface area contributed by atoms with Crippen LogP contribution in [0.5, 0.6) is 11.6 Å². The Hall–Kier alpha value is -1.17. The van der Waals surface area contributed by atoms with Crippen molar-refractivity contribution in [1.82, 2.24) is 9.97 Å². The van der Waals surface area contributed by atoms with Gasteiger partial charge in [0.1, 0.15) is 17.5 Å². The van der Waals surface area contributed by atoms with Crippen LogP contribution < -0.4 is 4.74 Å². The molecule has 0 radical (unpaired) electrons. The van der Waals surface area contributed by atoms with Crippen molar-refractivity contribution < 1.29 is 9.47 Å². The molecule has 100 valence electrons. The summed E-state index contributed by atoms with van der Waals surface area (Å²) in [7, 11) is 0. The molecular formula is C13H12BrClN2O2. The third-order valence-corrected chi connectivity index (χ3v) is 2.91. The molecule has 19 heavy (non-hydrogen) atoms. The monoisotopic (exact) mass is 342 g/mol. The Morgan fingerprint density at radius 2 is 1.95 bits per heavy atom. The first-order valence-electron chi connectivity index (χ1n) is 5.72. The van der Waals surface area contributed by atoms with Gasteiger partial charge in [-0.15, -0.1) is 0 Å². The van der Waals surface area contributed by atoms with Gasteiger partial charge in [-0.25, -0.2) is 4.98 Å². The van der Waals surface area contributed by atoms with Gasteiger partial charge in [-0.2, -0.15) is 4.98 Å². The Morgan fingerprint density at radius 1 is 1.21 bits per heavy atom. The molecule has 1 heterocycles. The lowest BCUT2D eigenvalue weighted by atomic mass is 10.3. The number of ether oxygens (including phenoxy) is 2. The Balaban J connectivity index is 2.15. The van der Waals surface area contributed by atoms with Gasteiger partial charge in [-0.3, -0.25) is 0 Å². The number of benzene rings is 1. The summed E-state index contributed by atoms with van der Waals surface area (Å²) >= 11 is 9.29. The lowest BCUT2D eigenvalue weighted by Crippen LogP contribution is -2.00. The highest BCUT2D eigenvalue weighted by Gasteiger charge is 2.05. The van der Waals surface area contributed by atoms with Crippen LogP contribution in [0.3, 0.4) is 0 Å². The van der Waals surface area contributed by atoms with Gasteiger partial charge < -0.3 is 9.47 Å². The summed E-state index contributed by atoms with van der Waals surface area (Å²) in [6, 6.07) is 9.02. The molecular weight excluding hydrogens is 332 g/mol. The third kappa shape index (κ3) is 4.45. The molecule has 4 nitrogen and oxygen atoms in total. The second-order valence-corrected chi connectivity index (χ2v) is 4.94. The van der Waals surface area contributed by atoms with Crippen LogP contribution in [0.15, 0.2) is 34.8 Å². The molecule has 0 amide bonds. The van der Waals surface area contributed by atoms with Gasteiger partial charge in [0.15, 0.2) is 5.82 Å². The van der Waals surface area contributed by atoms with E-state index in [2.05, 4.69) is 25.9 Å².